The predicted octanol–water partition coefficient (Wildman–Crippen LogP) is 3.32. The van der Waals surface area contributed by atoms with Gasteiger partial charge < -0.3 is 14.1 Å². The molecule has 1 fully saturated rings. The standard InChI is InChI=1S/C14H15BrN2O2/c1-10-7-11(15)14(16-8-10)17-4-6-19-13(9-17)12-3-2-5-18-12/h2-3,5,7-8,13H,4,6,9H2,1H3/t13-/m1/s1. The average molecular weight is 323 g/mol. The van der Waals surface area contributed by atoms with Crippen molar-refractivity contribution < 1.29 is 9.15 Å². The van der Waals surface area contributed by atoms with E-state index in [2.05, 4.69) is 31.9 Å². The second-order valence-electron chi connectivity index (χ2n) is 4.64. The Morgan fingerprint density at radius 3 is 3.11 bits per heavy atom. The minimum Gasteiger partial charge on any atom is -0.467 e. The summed E-state index contributed by atoms with van der Waals surface area (Å²) in [5.74, 6) is 1.83. The fraction of sp³-hybridized carbons (Fsp3) is 0.357. The van der Waals surface area contributed by atoms with Gasteiger partial charge in [-0.1, -0.05) is 0 Å². The highest BCUT2D eigenvalue weighted by atomic mass is 79.9. The van der Waals surface area contributed by atoms with Gasteiger partial charge in [-0.3, -0.25) is 0 Å². The molecule has 1 aliphatic heterocycles. The lowest BCUT2D eigenvalue weighted by Gasteiger charge is -2.33. The number of rotatable bonds is 2. The van der Waals surface area contributed by atoms with E-state index in [-0.39, 0.29) is 6.10 Å². The van der Waals surface area contributed by atoms with E-state index in [0.717, 1.165) is 34.7 Å². The first-order chi connectivity index (χ1) is 9.24. The molecule has 0 saturated carbocycles. The summed E-state index contributed by atoms with van der Waals surface area (Å²) >= 11 is 3.58. The van der Waals surface area contributed by atoms with E-state index < -0.39 is 0 Å². The van der Waals surface area contributed by atoms with Gasteiger partial charge in [-0.05, 0) is 46.6 Å². The Morgan fingerprint density at radius 2 is 2.37 bits per heavy atom. The summed E-state index contributed by atoms with van der Waals surface area (Å²) in [4.78, 5) is 6.73. The van der Waals surface area contributed by atoms with Gasteiger partial charge in [0.25, 0.3) is 0 Å². The summed E-state index contributed by atoms with van der Waals surface area (Å²) in [6.45, 7) is 4.30. The van der Waals surface area contributed by atoms with Crippen LogP contribution in [0.1, 0.15) is 17.4 Å². The minimum absolute atomic E-state index is 0.0289. The van der Waals surface area contributed by atoms with Crippen molar-refractivity contribution in [3.05, 3.63) is 46.5 Å². The molecule has 0 amide bonds. The van der Waals surface area contributed by atoms with E-state index in [1.165, 1.54) is 0 Å². The van der Waals surface area contributed by atoms with Crippen molar-refractivity contribution in [1.82, 2.24) is 4.98 Å². The SMILES string of the molecule is Cc1cnc(N2CCO[C@@H](c3ccco3)C2)c(Br)c1. The maximum atomic E-state index is 5.76. The first kappa shape index (κ1) is 12.7. The van der Waals surface area contributed by atoms with Crippen molar-refractivity contribution in [2.45, 2.75) is 13.0 Å². The summed E-state index contributed by atoms with van der Waals surface area (Å²) in [6, 6.07) is 5.92. The van der Waals surface area contributed by atoms with Crippen LogP contribution in [0, 0.1) is 6.92 Å². The highest BCUT2D eigenvalue weighted by molar-refractivity contribution is 9.10. The van der Waals surface area contributed by atoms with Crippen molar-refractivity contribution in [2.75, 3.05) is 24.6 Å². The largest absolute Gasteiger partial charge is 0.467 e. The van der Waals surface area contributed by atoms with Gasteiger partial charge >= 0.3 is 0 Å². The number of anilines is 1. The van der Waals surface area contributed by atoms with E-state index in [0.29, 0.717) is 6.61 Å². The van der Waals surface area contributed by atoms with E-state index in [9.17, 15) is 0 Å². The summed E-state index contributed by atoms with van der Waals surface area (Å²) in [6.07, 6.45) is 3.54. The molecular weight excluding hydrogens is 308 g/mol. The highest BCUT2D eigenvalue weighted by Gasteiger charge is 2.25. The maximum absolute atomic E-state index is 5.76. The molecule has 0 unspecified atom stereocenters. The molecule has 3 rings (SSSR count). The van der Waals surface area contributed by atoms with Gasteiger partial charge in [0.05, 0.1) is 23.9 Å². The number of hydrogen-bond acceptors (Lipinski definition) is 4. The minimum atomic E-state index is -0.0289. The Morgan fingerprint density at radius 1 is 1.47 bits per heavy atom. The normalized spacial score (nSPS) is 19.7. The molecule has 1 saturated heterocycles. The van der Waals surface area contributed by atoms with Gasteiger partial charge in [-0.25, -0.2) is 4.98 Å². The summed E-state index contributed by atoms with van der Waals surface area (Å²) in [7, 11) is 0. The van der Waals surface area contributed by atoms with Crippen LogP contribution in [0.2, 0.25) is 0 Å². The van der Waals surface area contributed by atoms with Gasteiger partial charge in [0, 0.05) is 12.7 Å². The lowest BCUT2D eigenvalue weighted by molar-refractivity contribution is 0.0254. The van der Waals surface area contributed by atoms with Gasteiger partial charge in [-0.15, -0.1) is 0 Å². The molecule has 4 nitrogen and oxygen atoms in total. The number of ether oxygens (including phenoxy) is 1. The average Bonchev–Trinajstić information content (AvgIpc) is 2.93. The molecular formula is C14H15BrN2O2. The lowest BCUT2D eigenvalue weighted by Crippen LogP contribution is -2.39. The molecule has 0 radical (unpaired) electrons. The van der Waals surface area contributed by atoms with Crippen LogP contribution in [0.5, 0.6) is 0 Å². The van der Waals surface area contributed by atoms with Crippen molar-refractivity contribution in [1.29, 1.82) is 0 Å². The van der Waals surface area contributed by atoms with E-state index >= 15 is 0 Å². The fourth-order valence-corrected chi connectivity index (χ4v) is 2.96. The third-order valence-electron chi connectivity index (χ3n) is 3.18. The molecule has 3 heterocycles. The summed E-state index contributed by atoms with van der Waals surface area (Å²) in [5.41, 5.74) is 1.14. The molecule has 2 aromatic rings. The first-order valence-electron chi connectivity index (χ1n) is 6.26. The Balaban J connectivity index is 1.81. The van der Waals surface area contributed by atoms with Crippen LogP contribution in [0.3, 0.4) is 0 Å². The number of aryl methyl sites for hydroxylation is 1. The van der Waals surface area contributed by atoms with Crippen LogP contribution < -0.4 is 4.90 Å². The molecule has 0 N–H and O–H groups in total. The number of nitrogens with zero attached hydrogens (tertiary/aromatic N) is 2. The third kappa shape index (κ3) is 2.67. The smallest absolute Gasteiger partial charge is 0.143 e. The topological polar surface area (TPSA) is 38.5 Å². The van der Waals surface area contributed by atoms with E-state index in [4.69, 9.17) is 9.15 Å². The number of pyridine rings is 1. The molecule has 0 bridgehead atoms. The monoisotopic (exact) mass is 322 g/mol. The zero-order valence-electron chi connectivity index (χ0n) is 10.7. The van der Waals surface area contributed by atoms with Crippen molar-refractivity contribution >= 4 is 21.7 Å². The van der Waals surface area contributed by atoms with E-state index in [1.54, 1.807) is 6.26 Å². The zero-order valence-corrected chi connectivity index (χ0v) is 12.3. The van der Waals surface area contributed by atoms with Gasteiger partial charge in [0.2, 0.25) is 0 Å². The van der Waals surface area contributed by atoms with Crippen LogP contribution in [-0.4, -0.2) is 24.7 Å². The number of halogens is 1. The third-order valence-corrected chi connectivity index (χ3v) is 3.77. The number of aromatic nitrogens is 1. The van der Waals surface area contributed by atoms with Crippen molar-refractivity contribution in [2.24, 2.45) is 0 Å². The fourth-order valence-electron chi connectivity index (χ4n) is 2.25. The van der Waals surface area contributed by atoms with Crippen LogP contribution in [0.25, 0.3) is 0 Å². The molecule has 100 valence electrons. The maximum Gasteiger partial charge on any atom is 0.143 e. The Labute approximate surface area is 120 Å². The first-order valence-corrected chi connectivity index (χ1v) is 7.05. The molecule has 19 heavy (non-hydrogen) atoms. The number of morpholine rings is 1. The summed E-state index contributed by atoms with van der Waals surface area (Å²) in [5, 5.41) is 0. The summed E-state index contributed by atoms with van der Waals surface area (Å²) < 4.78 is 12.2. The second kappa shape index (κ2) is 5.35. The molecule has 0 spiro atoms. The molecule has 0 aliphatic carbocycles. The Kier molecular flexibility index (Phi) is 3.57. The number of hydrogen-bond donors (Lipinski definition) is 0. The van der Waals surface area contributed by atoms with Gasteiger partial charge in [0.1, 0.15) is 17.7 Å². The van der Waals surface area contributed by atoms with Gasteiger partial charge in [0.15, 0.2) is 0 Å². The Hall–Kier alpha value is -1.33. The highest BCUT2D eigenvalue weighted by Crippen LogP contribution is 2.30. The quantitative estimate of drug-likeness (QED) is 0.850. The zero-order chi connectivity index (χ0) is 13.2. The molecule has 0 aromatic carbocycles. The Bertz CT molecular complexity index is 557. The number of furan rings is 1. The van der Waals surface area contributed by atoms with Crippen LogP contribution in [-0.2, 0) is 4.74 Å². The van der Waals surface area contributed by atoms with Gasteiger partial charge in [-0.2, -0.15) is 0 Å². The molecule has 1 atom stereocenters. The van der Waals surface area contributed by atoms with Crippen molar-refractivity contribution in [3.63, 3.8) is 0 Å². The molecule has 2 aromatic heterocycles. The van der Waals surface area contributed by atoms with Crippen LogP contribution in [0.4, 0.5) is 5.82 Å². The molecule has 1 aliphatic rings. The van der Waals surface area contributed by atoms with E-state index in [1.807, 2.05) is 25.3 Å². The van der Waals surface area contributed by atoms with Crippen LogP contribution >= 0.6 is 15.9 Å². The van der Waals surface area contributed by atoms with Crippen molar-refractivity contribution in [3.8, 4) is 0 Å². The lowest BCUT2D eigenvalue weighted by atomic mass is 10.2. The van der Waals surface area contributed by atoms with Crippen LogP contribution in [0.15, 0.2) is 39.5 Å². The predicted molar refractivity (Wildman–Crippen MR) is 76.3 cm³/mol. The second-order valence-corrected chi connectivity index (χ2v) is 5.49. The molecule has 5 heteroatoms.